The predicted octanol–water partition coefficient (Wildman–Crippen LogP) is 3.61. The SMILES string of the molecule is OC(CN1CC2CCCC2C1)c1ccc2ccccc2c1. The van der Waals surface area contributed by atoms with E-state index in [1.165, 1.54) is 43.1 Å². The molecule has 2 nitrogen and oxygen atoms in total. The summed E-state index contributed by atoms with van der Waals surface area (Å²) >= 11 is 0. The smallest absolute Gasteiger partial charge is 0.0917 e. The van der Waals surface area contributed by atoms with Gasteiger partial charge in [-0.15, -0.1) is 0 Å². The van der Waals surface area contributed by atoms with Crippen LogP contribution in [0.3, 0.4) is 0 Å². The molecule has 110 valence electrons. The molecule has 2 aromatic carbocycles. The summed E-state index contributed by atoms with van der Waals surface area (Å²) in [6.45, 7) is 3.16. The molecule has 0 aromatic heterocycles. The van der Waals surface area contributed by atoms with E-state index in [0.717, 1.165) is 23.9 Å². The first-order valence-corrected chi connectivity index (χ1v) is 8.19. The normalized spacial score (nSPS) is 27.1. The third-order valence-corrected chi connectivity index (χ3v) is 5.39. The third-order valence-electron chi connectivity index (χ3n) is 5.39. The number of aliphatic hydroxyl groups excluding tert-OH is 1. The van der Waals surface area contributed by atoms with Crippen molar-refractivity contribution in [3.8, 4) is 0 Å². The highest BCUT2D eigenvalue weighted by Gasteiger charge is 2.36. The van der Waals surface area contributed by atoms with Gasteiger partial charge in [-0.3, -0.25) is 4.90 Å². The van der Waals surface area contributed by atoms with Gasteiger partial charge in [0.1, 0.15) is 0 Å². The number of hydrogen-bond acceptors (Lipinski definition) is 2. The minimum atomic E-state index is -0.367. The maximum atomic E-state index is 10.6. The van der Waals surface area contributed by atoms with E-state index in [2.05, 4.69) is 47.4 Å². The molecule has 1 aliphatic carbocycles. The molecule has 1 saturated carbocycles. The van der Waals surface area contributed by atoms with Gasteiger partial charge in [0.2, 0.25) is 0 Å². The Kier molecular flexibility index (Phi) is 3.44. The highest BCUT2D eigenvalue weighted by Crippen LogP contribution is 2.38. The van der Waals surface area contributed by atoms with E-state index in [1.54, 1.807) is 0 Å². The van der Waals surface area contributed by atoms with Crippen LogP contribution in [0.5, 0.6) is 0 Å². The van der Waals surface area contributed by atoms with Crippen molar-refractivity contribution in [2.45, 2.75) is 25.4 Å². The Balaban J connectivity index is 1.47. The second-order valence-corrected chi connectivity index (χ2v) is 6.79. The fourth-order valence-corrected chi connectivity index (χ4v) is 4.25. The molecule has 0 amide bonds. The predicted molar refractivity (Wildman–Crippen MR) is 86.2 cm³/mol. The molecule has 1 heterocycles. The van der Waals surface area contributed by atoms with E-state index in [4.69, 9.17) is 0 Å². The third kappa shape index (κ3) is 2.58. The fourth-order valence-electron chi connectivity index (χ4n) is 4.25. The molecule has 0 radical (unpaired) electrons. The molecule has 3 unspecified atom stereocenters. The number of benzene rings is 2. The first-order valence-electron chi connectivity index (χ1n) is 8.19. The Morgan fingerprint density at radius 1 is 1.00 bits per heavy atom. The molecular formula is C19H23NO. The van der Waals surface area contributed by atoms with Crippen molar-refractivity contribution < 1.29 is 5.11 Å². The molecule has 0 spiro atoms. The molecule has 1 saturated heterocycles. The van der Waals surface area contributed by atoms with Crippen molar-refractivity contribution in [1.29, 1.82) is 0 Å². The number of likely N-dealkylation sites (tertiary alicyclic amines) is 1. The van der Waals surface area contributed by atoms with E-state index in [0.29, 0.717) is 0 Å². The monoisotopic (exact) mass is 281 g/mol. The van der Waals surface area contributed by atoms with Crippen molar-refractivity contribution in [1.82, 2.24) is 4.90 Å². The molecule has 2 heteroatoms. The zero-order valence-electron chi connectivity index (χ0n) is 12.4. The summed E-state index contributed by atoms with van der Waals surface area (Å²) in [6.07, 6.45) is 3.84. The molecule has 4 rings (SSSR count). The molecule has 0 bridgehead atoms. The van der Waals surface area contributed by atoms with Crippen molar-refractivity contribution in [3.63, 3.8) is 0 Å². The van der Waals surface area contributed by atoms with Crippen molar-refractivity contribution >= 4 is 10.8 Å². The van der Waals surface area contributed by atoms with Crippen LogP contribution in [-0.4, -0.2) is 29.6 Å². The largest absolute Gasteiger partial charge is 0.387 e. The minimum Gasteiger partial charge on any atom is -0.387 e. The summed E-state index contributed by atoms with van der Waals surface area (Å²) < 4.78 is 0. The Bertz CT molecular complexity index is 626. The number of nitrogens with zero attached hydrogens (tertiary/aromatic N) is 1. The minimum absolute atomic E-state index is 0.367. The van der Waals surface area contributed by atoms with Crippen molar-refractivity contribution in [2.24, 2.45) is 11.8 Å². The van der Waals surface area contributed by atoms with Crippen LogP contribution in [0, 0.1) is 11.8 Å². The van der Waals surface area contributed by atoms with Crippen molar-refractivity contribution in [3.05, 3.63) is 48.0 Å². The second-order valence-electron chi connectivity index (χ2n) is 6.79. The number of β-amino-alcohol motifs (C(OH)–C–C–N with tert-alkyl or cyclic N) is 1. The van der Waals surface area contributed by atoms with Crippen LogP contribution < -0.4 is 0 Å². The fraction of sp³-hybridized carbons (Fsp3) is 0.474. The van der Waals surface area contributed by atoms with Gasteiger partial charge >= 0.3 is 0 Å². The topological polar surface area (TPSA) is 23.5 Å². The zero-order valence-corrected chi connectivity index (χ0v) is 12.4. The standard InChI is InChI=1S/C19H23NO/c21-19(13-20-11-17-6-3-7-18(17)12-20)16-9-8-14-4-1-2-5-15(14)10-16/h1-2,4-5,8-10,17-19,21H,3,6-7,11-13H2. The van der Waals surface area contributed by atoms with Crippen LogP contribution >= 0.6 is 0 Å². The summed E-state index contributed by atoms with van der Waals surface area (Å²) in [4.78, 5) is 2.47. The lowest BCUT2D eigenvalue weighted by molar-refractivity contribution is 0.122. The van der Waals surface area contributed by atoms with Gasteiger partial charge in [-0.25, -0.2) is 0 Å². The van der Waals surface area contributed by atoms with Gasteiger partial charge < -0.3 is 5.11 Å². The van der Waals surface area contributed by atoms with Gasteiger partial charge in [-0.2, -0.15) is 0 Å². The Labute approximate surface area is 126 Å². The van der Waals surface area contributed by atoms with E-state index in [1.807, 2.05) is 0 Å². The number of rotatable bonds is 3. The molecule has 1 aliphatic heterocycles. The van der Waals surface area contributed by atoms with E-state index in [-0.39, 0.29) is 6.10 Å². The maximum Gasteiger partial charge on any atom is 0.0917 e. The maximum absolute atomic E-state index is 10.6. The molecule has 2 aliphatic rings. The molecule has 2 aromatic rings. The lowest BCUT2D eigenvalue weighted by atomic mass is 10.0. The van der Waals surface area contributed by atoms with Gasteiger partial charge in [0.05, 0.1) is 6.10 Å². The first-order chi connectivity index (χ1) is 10.3. The average molecular weight is 281 g/mol. The quantitative estimate of drug-likeness (QED) is 0.929. The van der Waals surface area contributed by atoms with Crippen molar-refractivity contribution in [2.75, 3.05) is 19.6 Å². The number of aliphatic hydroxyl groups is 1. The van der Waals surface area contributed by atoms with Crippen LogP contribution in [0.4, 0.5) is 0 Å². The van der Waals surface area contributed by atoms with Crippen LogP contribution in [0.1, 0.15) is 30.9 Å². The van der Waals surface area contributed by atoms with Crippen LogP contribution in [-0.2, 0) is 0 Å². The Morgan fingerprint density at radius 2 is 1.71 bits per heavy atom. The summed E-state index contributed by atoms with van der Waals surface area (Å²) in [6, 6.07) is 14.7. The first kappa shape index (κ1) is 13.3. The number of hydrogen-bond donors (Lipinski definition) is 1. The van der Waals surface area contributed by atoms with E-state index in [9.17, 15) is 5.11 Å². The van der Waals surface area contributed by atoms with Crippen LogP contribution in [0.15, 0.2) is 42.5 Å². The Morgan fingerprint density at radius 3 is 2.48 bits per heavy atom. The lowest BCUT2D eigenvalue weighted by Crippen LogP contribution is -2.27. The molecular weight excluding hydrogens is 258 g/mol. The van der Waals surface area contributed by atoms with Gasteiger partial charge in [0, 0.05) is 19.6 Å². The molecule has 21 heavy (non-hydrogen) atoms. The Hall–Kier alpha value is -1.38. The van der Waals surface area contributed by atoms with Crippen LogP contribution in [0.25, 0.3) is 10.8 Å². The van der Waals surface area contributed by atoms with Crippen LogP contribution in [0.2, 0.25) is 0 Å². The van der Waals surface area contributed by atoms with E-state index >= 15 is 0 Å². The molecule has 2 fully saturated rings. The summed E-state index contributed by atoms with van der Waals surface area (Å²) in [5.74, 6) is 1.79. The van der Waals surface area contributed by atoms with Gasteiger partial charge in [-0.1, -0.05) is 42.8 Å². The van der Waals surface area contributed by atoms with Gasteiger partial charge in [-0.05, 0) is 47.1 Å². The van der Waals surface area contributed by atoms with Gasteiger partial charge in [0.15, 0.2) is 0 Å². The molecule has 1 N–H and O–H groups in total. The van der Waals surface area contributed by atoms with E-state index < -0.39 is 0 Å². The summed E-state index contributed by atoms with van der Waals surface area (Å²) in [5, 5.41) is 13.0. The molecule has 3 atom stereocenters. The average Bonchev–Trinajstić information content (AvgIpc) is 3.08. The number of fused-ring (bicyclic) bond motifs is 2. The highest BCUT2D eigenvalue weighted by molar-refractivity contribution is 5.83. The second kappa shape index (κ2) is 5.43. The zero-order chi connectivity index (χ0) is 14.2. The summed E-state index contributed by atoms with van der Waals surface area (Å²) in [5.41, 5.74) is 1.05. The highest BCUT2D eigenvalue weighted by atomic mass is 16.3. The van der Waals surface area contributed by atoms with Gasteiger partial charge in [0.25, 0.3) is 0 Å². The lowest BCUT2D eigenvalue weighted by Gasteiger charge is -2.21. The summed E-state index contributed by atoms with van der Waals surface area (Å²) in [7, 11) is 0.